The first kappa shape index (κ1) is 15.8. The average molecular weight is 291 g/mol. The van der Waals surface area contributed by atoms with E-state index in [1.807, 2.05) is 33.0 Å². The van der Waals surface area contributed by atoms with Crippen LogP contribution < -0.4 is 0 Å². The van der Waals surface area contributed by atoms with Crippen molar-refractivity contribution in [1.82, 2.24) is 14.8 Å². The number of hydrogen-bond acceptors (Lipinski definition) is 4. The molecule has 1 aromatic heterocycles. The van der Waals surface area contributed by atoms with Crippen LogP contribution in [0.4, 0.5) is 4.79 Å². The molecule has 1 aliphatic rings. The van der Waals surface area contributed by atoms with E-state index in [-0.39, 0.29) is 12.1 Å². The molecule has 116 valence electrons. The van der Waals surface area contributed by atoms with Gasteiger partial charge >= 0.3 is 6.09 Å². The van der Waals surface area contributed by atoms with Crippen LogP contribution in [0.2, 0.25) is 0 Å². The number of carbonyl (C=O) groups excluding carboxylic acids is 1. The highest BCUT2D eigenvalue weighted by atomic mass is 16.6. The lowest BCUT2D eigenvalue weighted by Gasteiger charge is -2.41. The van der Waals surface area contributed by atoms with E-state index in [0.717, 1.165) is 18.7 Å². The minimum atomic E-state index is -0.456. The lowest BCUT2D eigenvalue weighted by molar-refractivity contribution is 0.00424. The van der Waals surface area contributed by atoms with Crippen molar-refractivity contribution < 1.29 is 9.53 Å². The number of carbonyl (C=O) groups is 1. The third kappa shape index (κ3) is 4.17. The van der Waals surface area contributed by atoms with Crippen molar-refractivity contribution in [1.29, 1.82) is 0 Å². The molecule has 0 bridgehead atoms. The Balaban J connectivity index is 2.10. The van der Waals surface area contributed by atoms with Gasteiger partial charge in [-0.2, -0.15) is 0 Å². The quantitative estimate of drug-likeness (QED) is 0.840. The molecule has 1 atom stereocenters. The Morgan fingerprint density at radius 1 is 1.43 bits per heavy atom. The van der Waals surface area contributed by atoms with Gasteiger partial charge in [0.25, 0.3) is 0 Å². The molecule has 0 saturated carbocycles. The summed E-state index contributed by atoms with van der Waals surface area (Å²) >= 11 is 0. The predicted octanol–water partition coefficient (Wildman–Crippen LogP) is 2.70. The topological polar surface area (TPSA) is 45.7 Å². The Hall–Kier alpha value is -1.62. The smallest absolute Gasteiger partial charge is 0.410 e. The normalized spacial score (nSPS) is 20.4. The molecule has 1 aliphatic heterocycles. The Kier molecular flexibility index (Phi) is 4.83. The summed E-state index contributed by atoms with van der Waals surface area (Å²) in [4.78, 5) is 20.6. The zero-order chi connectivity index (χ0) is 15.5. The molecule has 0 radical (unpaired) electrons. The number of aromatic nitrogens is 1. The Bertz CT molecular complexity index is 470. The standard InChI is InChI=1S/C16H25N3O2/c1-5-18-9-10-19(15(20)21-16(2,3)4)12-14(18)13-7-6-8-17-11-13/h6-8,11,14H,5,9-10,12H2,1-4H3/t14-/m0/s1. The van der Waals surface area contributed by atoms with E-state index < -0.39 is 5.60 Å². The number of nitrogens with zero attached hydrogens (tertiary/aromatic N) is 3. The maximum atomic E-state index is 12.3. The number of ether oxygens (including phenoxy) is 1. The third-order valence-electron chi connectivity index (χ3n) is 3.62. The van der Waals surface area contributed by atoms with Gasteiger partial charge in [0.05, 0.1) is 6.04 Å². The van der Waals surface area contributed by atoms with E-state index in [0.29, 0.717) is 13.1 Å². The second kappa shape index (κ2) is 6.43. The molecular weight excluding hydrogens is 266 g/mol. The first-order valence-electron chi connectivity index (χ1n) is 7.52. The highest BCUT2D eigenvalue weighted by Gasteiger charge is 2.32. The van der Waals surface area contributed by atoms with Crippen molar-refractivity contribution in [3.05, 3.63) is 30.1 Å². The average Bonchev–Trinajstić information content (AvgIpc) is 2.45. The monoisotopic (exact) mass is 291 g/mol. The molecule has 21 heavy (non-hydrogen) atoms. The number of pyridine rings is 1. The summed E-state index contributed by atoms with van der Waals surface area (Å²) in [6.45, 7) is 11.0. The van der Waals surface area contributed by atoms with Gasteiger partial charge in [-0.3, -0.25) is 9.88 Å². The number of hydrogen-bond donors (Lipinski definition) is 0. The fourth-order valence-electron chi connectivity index (χ4n) is 2.58. The van der Waals surface area contributed by atoms with Crippen molar-refractivity contribution in [2.24, 2.45) is 0 Å². The molecule has 1 aromatic rings. The van der Waals surface area contributed by atoms with E-state index >= 15 is 0 Å². The minimum absolute atomic E-state index is 0.185. The zero-order valence-corrected chi connectivity index (χ0v) is 13.4. The number of likely N-dealkylation sites (N-methyl/N-ethyl adjacent to an activating group) is 1. The molecule has 0 aromatic carbocycles. The third-order valence-corrected chi connectivity index (χ3v) is 3.62. The number of amides is 1. The molecule has 0 N–H and O–H groups in total. The van der Waals surface area contributed by atoms with E-state index in [4.69, 9.17) is 4.74 Å². The van der Waals surface area contributed by atoms with Crippen LogP contribution in [0.15, 0.2) is 24.5 Å². The van der Waals surface area contributed by atoms with E-state index in [2.05, 4.69) is 22.9 Å². The highest BCUT2D eigenvalue weighted by molar-refractivity contribution is 5.68. The summed E-state index contributed by atoms with van der Waals surface area (Å²) in [5.74, 6) is 0. The molecule has 0 aliphatic carbocycles. The molecule has 5 nitrogen and oxygen atoms in total. The van der Waals surface area contributed by atoms with Gasteiger partial charge in [-0.05, 0) is 38.9 Å². The SMILES string of the molecule is CCN1CCN(C(=O)OC(C)(C)C)C[C@H]1c1cccnc1. The molecule has 2 rings (SSSR count). The van der Waals surface area contributed by atoms with Crippen molar-refractivity contribution in [2.75, 3.05) is 26.2 Å². The zero-order valence-electron chi connectivity index (χ0n) is 13.4. The van der Waals surface area contributed by atoms with Crippen LogP contribution in [0, 0.1) is 0 Å². The van der Waals surface area contributed by atoms with Crippen LogP contribution in [0.5, 0.6) is 0 Å². The van der Waals surface area contributed by atoms with Crippen LogP contribution in [0.1, 0.15) is 39.3 Å². The minimum Gasteiger partial charge on any atom is -0.444 e. The summed E-state index contributed by atoms with van der Waals surface area (Å²) in [5, 5.41) is 0. The van der Waals surface area contributed by atoms with E-state index in [1.165, 1.54) is 0 Å². The van der Waals surface area contributed by atoms with Crippen LogP contribution in [-0.2, 0) is 4.74 Å². The lowest BCUT2D eigenvalue weighted by atomic mass is 10.0. The molecular formula is C16H25N3O2. The summed E-state index contributed by atoms with van der Waals surface area (Å²) in [7, 11) is 0. The number of rotatable bonds is 2. The van der Waals surface area contributed by atoms with Gasteiger partial charge in [0.1, 0.15) is 5.60 Å². The molecule has 1 fully saturated rings. The van der Waals surface area contributed by atoms with Crippen molar-refractivity contribution >= 4 is 6.09 Å². The first-order valence-corrected chi connectivity index (χ1v) is 7.52. The lowest BCUT2D eigenvalue weighted by Crippen LogP contribution is -2.51. The van der Waals surface area contributed by atoms with Gasteiger partial charge < -0.3 is 9.64 Å². The maximum absolute atomic E-state index is 12.3. The van der Waals surface area contributed by atoms with E-state index in [1.54, 1.807) is 11.1 Å². The molecule has 0 unspecified atom stereocenters. The van der Waals surface area contributed by atoms with Gasteiger partial charge in [-0.25, -0.2) is 4.79 Å². The largest absolute Gasteiger partial charge is 0.444 e. The second-order valence-corrected chi connectivity index (χ2v) is 6.36. The van der Waals surface area contributed by atoms with Gasteiger partial charge in [-0.1, -0.05) is 13.0 Å². The van der Waals surface area contributed by atoms with Gasteiger partial charge in [-0.15, -0.1) is 0 Å². The number of piperazine rings is 1. The highest BCUT2D eigenvalue weighted by Crippen LogP contribution is 2.25. The molecule has 2 heterocycles. The molecule has 5 heteroatoms. The van der Waals surface area contributed by atoms with Gasteiger partial charge in [0.2, 0.25) is 0 Å². The van der Waals surface area contributed by atoms with E-state index in [9.17, 15) is 4.79 Å². The molecule has 0 spiro atoms. The van der Waals surface area contributed by atoms with Crippen molar-refractivity contribution in [3.8, 4) is 0 Å². The maximum Gasteiger partial charge on any atom is 0.410 e. The van der Waals surface area contributed by atoms with Crippen molar-refractivity contribution in [3.63, 3.8) is 0 Å². The first-order chi connectivity index (χ1) is 9.90. The Morgan fingerprint density at radius 2 is 2.19 bits per heavy atom. The van der Waals surface area contributed by atoms with Crippen LogP contribution >= 0.6 is 0 Å². The Morgan fingerprint density at radius 3 is 2.76 bits per heavy atom. The fraction of sp³-hybridized carbons (Fsp3) is 0.625. The predicted molar refractivity (Wildman–Crippen MR) is 82.0 cm³/mol. The summed E-state index contributed by atoms with van der Waals surface area (Å²) in [6, 6.07) is 4.19. The summed E-state index contributed by atoms with van der Waals surface area (Å²) in [6.07, 6.45) is 3.42. The van der Waals surface area contributed by atoms with Gasteiger partial charge in [0, 0.05) is 32.0 Å². The van der Waals surface area contributed by atoms with Crippen LogP contribution in [-0.4, -0.2) is 52.7 Å². The molecule has 1 saturated heterocycles. The fourth-order valence-corrected chi connectivity index (χ4v) is 2.58. The Labute approximate surface area is 126 Å². The summed E-state index contributed by atoms with van der Waals surface area (Å²) in [5.41, 5.74) is 0.690. The second-order valence-electron chi connectivity index (χ2n) is 6.36. The van der Waals surface area contributed by atoms with Crippen LogP contribution in [0.3, 0.4) is 0 Å². The summed E-state index contributed by atoms with van der Waals surface area (Å²) < 4.78 is 5.48. The van der Waals surface area contributed by atoms with Gasteiger partial charge in [0.15, 0.2) is 0 Å². The molecule has 1 amide bonds. The van der Waals surface area contributed by atoms with Crippen molar-refractivity contribution in [2.45, 2.75) is 39.3 Å². The van der Waals surface area contributed by atoms with Crippen LogP contribution in [0.25, 0.3) is 0 Å².